The van der Waals surface area contributed by atoms with Gasteiger partial charge in [-0.15, -0.1) is 0 Å². The highest BCUT2D eigenvalue weighted by Crippen LogP contribution is 2.16. The Morgan fingerprint density at radius 2 is 1.66 bits per heavy atom. The van der Waals surface area contributed by atoms with Crippen LogP contribution in [-0.2, 0) is 16.1 Å². The predicted molar refractivity (Wildman–Crippen MR) is 124 cm³/mol. The van der Waals surface area contributed by atoms with Crippen LogP contribution in [0.1, 0.15) is 49.0 Å². The highest BCUT2D eigenvalue weighted by molar-refractivity contribution is 5.95. The number of benzene rings is 2. The van der Waals surface area contributed by atoms with E-state index >= 15 is 0 Å². The Balaban J connectivity index is 1.85. The fourth-order valence-corrected chi connectivity index (χ4v) is 3.02. The number of anilines is 1. The zero-order valence-corrected chi connectivity index (χ0v) is 18.9. The van der Waals surface area contributed by atoms with Gasteiger partial charge in [-0.25, -0.2) is 0 Å². The Kier molecular flexibility index (Phi) is 9.43. The number of nitrogens with one attached hydrogen (secondary N) is 1. The van der Waals surface area contributed by atoms with E-state index in [-0.39, 0.29) is 49.6 Å². The highest BCUT2D eigenvalue weighted by Gasteiger charge is 2.17. The maximum atomic E-state index is 12.6. The van der Waals surface area contributed by atoms with Crippen molar-refractivity contribution in [3.8, 4) is 6.07 Å². The molecule has 168 valence electrons. The fraction of sp³-hybridized carbons (Fsp3) is 0.360. The lowest BCUT2D eigenvalue weighted by molar-refractivity contribution is -0.125. The Hall–Kier alpha value is -3.66. The second-order valence-electron chi connectivity index (χ2n) is 7.77. The lowest BCUT2D eigenvalue weighted by Crippen LogP contribution is -2.33. The van der Waals surface area contributed by atoms with Crippen molar-refractivity contribution >= 4 is 23.4 Å². The van der Waals surface area contributed by atoms with Gasteiger partial charge in [0.1, 0.15) is 0 Å². The zero-order chi connectivity index (χ0) is 23.5. The van der Waals surface area contributed by atoms with Crippen molar-refractivity contribution in [3.05, 3.63) is 65.7 Å². The summed E-state index contributed by atoms with van der Waals surface area (Å²) in [5, 5.41) is 11.7. The molecule has 0 aromatic heterocycles. The number of para-hydroxylation sites is 1. The lowest BCUT2D eigenvalue weighted by atomic mass is 10.1. The summed E-state index contributed by atoms with van der Waals surface area (Å²) >= 11 is 0. The largest absolute Gasteiger partial charge is 0.352 e. The summed E-state index contributed by atoms with van der Waals surface area (Å²) in [6.07, 6.45) is 0.337. The van der Waals surface area contributed by atoms with Crippen molar-refractivity contribution in [2.45, 2.75) is 45.7 Å². The summed E-state index contributed by atoms with van der Waals surface area (Å²) < 4.78 is 0. The van der Waals surface area contributed by atoms with Gasteiger partial charge in [-0.3, -0.25) is 14.4 Å². The van der Waals surface area contributed by atoms with E-state index < -0.39 is 0 Å². The highest BCUT2D eigenvalue weighted by atomic mass is 16.2. The van der Waals surface area contributed by atoms with Crippen molar-refractivity contribution in [1.29, 1.82) is 5.26 Å². The minimum Gasteiger partial charge on any atom is -0.352 e. The molecule has 2 aromatic rings. The first kappa shape index (κ1) is 24.6. The third-order valence-electron chi connectivity index (χ3n) is 5.17. The van der Waals surface area contributed by atoms with Gasteiger partial charge in [0.25, 0.3) is 5.91 Å². The van der Waals surface area contributed by atoms with Crippen LogP contribution in [0.25, 0.3) is 0 Å². The fourth-order valence-electron chi connectivity index (χ4n) is 3.02. The standard InChI is InChI=1S/C25H30N4O3/c1-19(2)28(3)25(32)21-12-10-20(11-13-21)18-27-23(30)14-15-24(31)29(17-7-16-26)22-8-5-4-6-9-22/h4-6,8-13,19H,7,14-15,17-18H2,1-3H3,(H,27,30). The van der Waals surface area contributed by atoms with Gasteiger partial charge in [0.15, 0.2) is 0 Å². The molecule has 0 radical (unpaired) electrons. The van der Waals surface area contributed by atoms with Crippen molar-refractivity contribution in [3.63, 3.8) is 0 Å². The average molecular weight is 435 g/mol. The molecule has 0 atom stereocenters. The topological polar surface area (TPSA) is 93.5 Å². The molecule has 0 unspecified atom stereocenters. The van der Waals surface area contributed by atoms with Crippen LogP contribution in [0.15, 0.2) is 54.6 Å². The minimum absolute atomic E-state index is 0.0477. The van der Waals surface area contributed by atoms with Crippen molar-refractivity contribution in [2.24, 2.45) is 0 Å². The third-order valence-corrected chi connectivity index (χ3v) is 5.17. The van der Waals surface area contributed by atoms with Gasteiger partial charge < -0.3 is 15.1 Å². The summed E-state index contributed by atoms with van der Waals surface area (Å²) in [5.41, 5.74) is 2.18. The molecule has 0 heterocycles. The second kappa shape index (κ2) is 12.3. The molecule has 2 rings (SSSR count). The van der Waals surface area contributed by atoms with Crippen LogP contribution in [0.2, 0.25) is 0 Å². The summed E-state index contributed by atoms with van der Waals surface area (Å²) in [4.78, 5) is 40.4. The molecule has 7 nitrogen and oxygen atoms in total. The van der Waals surface area contributed by atoms with Crippen LogP contribution in [0.3, 0.4) is 0 Å². The van der Waals surface area contributed by atoms with Gasteiger partial charge in [-0.1, -0.05) is 30.3 Å². The first-order chi connectivity index (χ1) is 15.3. The molecule has 0 saturated heterocycles. The Labute approximate surface area is 189 Å². The molecule has 0 fully saturated rings. The molecule has 0 saturated carbocycles. The van der Waals surface area contributed by atoms with E-state index in [1.54, 1.807) is 29.0 Å². The first-order valence-electron chi connectivity index (χ1n) is 10.7. The number of amides is 3. The van der Waals surface area contributed by atoms with Gasteiger partial charge in [0.2, 0.25) is 11.8 Å². The van der Waals surface area contributed by atoms with Gasteiger partial charge in [-0.05, 0) is 43.7 Å². The predicted octanol–water partition coefficient (Wildman–Crippen LogP) is 3.51. The van der Waals surface area contributed by atoms with Crippen LogP contribution >= 0.6 is 0 Å². The molecule has 0 aliphatic carbocycles. The normalized spacial score (nSPS) is 10.3. The molecule has 2 aromatic carbocycles. The number of rotatable bonds is 10. The van der Waals surface area contributed by atoms with Crippen molar-refractivity contribution in [2.75, 3.05) is 18.5 Å². The quantitative estimate of drug-likeness (QED) is 0.619. The summed E-state index contributed by atoms with van der Waals surface area (Å²) in [5.74, 6) is -0.474. The van der Waals surface area contributed by atoms with E-state index in [1.165, 1.54) is 0 Å². The third kappa shape index (κ3) is 7.24. The maximum Gasteiger partial charge on any atom is 0.253 e. The molecule has 0 bridgehead atoms. The number of hydrogen-bond donors (Lipinski definition) is 1. The minimum atomic E-state index is -0.230. The van der Waals surface area contributed by atoms with E-state index in [9.17, 15) is 14.4 Å². The van der Waals surface area contributed by atoms with Gasteiger partial charge >= 0.3 is 0 Å². The van der Waals surface area contributed by atoms with E-state index in [4.69, 9.17) is 5.26 Å². The van der Waals surface area contributed by atoms with Gasteiger partial charge in [0, 0.05) is 50.3 Å². The monoisotopic (exact) mass is 434 g/mol. The zero-order valence-electron chi connectivity index (χ0n) is 18.9. The van der Waals surface area contributed by atoms with Crippen LogP contribution in [-0.4, -0.2) is 42.3 Å². The number of nitriles is 1. The molecule has 0 spiro atoms. The molecule has 0 aliphatic rings. The average Bonchev–Trinajstić information content (AvgIpc) is 2.81. The van der Waals surface area contributed by atoms with E-state index in [2.05, 4.69) is 11.4 Å². The Morgan fingerprint density at radius 1 is 1.00 bits per heavy atom. The van der Waals surface area contributed by atoms with Gasteiger partial charge in [-0.2, -0.15) is 5.26 Å². The summed E-state index contributed by atoms with van der Waals surface area (Å²) in [6.45, 7) is 4.51. The Bertz CT molecular complexity index is 949. The van der Waals surface area contributed by atoms with Crippen LogP contribution in [0.5, 0.6) is 0 Å². The molecule has 32 heavy (non-hydrogen) atoms. The van der Waals surface area contributed by atoms with Crippen molar-refractivity contribution in [1.82, 2.24) is 10.2 Å². The molecular formula is C25H30N4O3. The van der Waals surface area contributed by atoms with E-state index in [0.717, 1.165) is 5.56 Å². The van der Waals surface area contributed by atoms with Gasteiger partial charge in [0.05, 0.1) is 12.5 Å². The molecule has 7 heteroatoms. The molecule has 1 N–H and O–H groups in total. The number of carbonyl (C=O) groups is 3. The van der Waals surface area contributed by atoms with Crippen molar-refractivity contribution < 1.29 is 14.4 Å². The van der Waals surface area contributed by atoms with E-state index in [0.29, 0.717) is 17.8 Å². The summed E-state index contributed by atoms with van der Waals surface area (Å²) in [7, 11) is 1.77. The Morgan fingerprint density at radius 3 is 2.25 bits per heavy atom. The molecular weight excluding hydrogens is 404 g/mol. The maximum absolute atomic E-state index is 12.6. The van der Waals surface area contributed by atoms with Crippen LogP contribution in [0.4, 0.5) is 5.69 Å². The molecule has 0 aliphatic heterocycles. The van der Waals surface area contributed by atoms with E-state index in [1.807, 2.05) is 56.3 Å². The second-order valence-corrected chi connectivity index (χ2v) is 7.77. The first-order valence-corrected chi connectivity index (χ1v) is 10.7. The van der Waals surface area contributed by atoms with Crippen LogP contribution < -0.4 is 10.2 Å². The lowest BCUT2D eigenvalue weighted by Gasteiger charge is -2.21. The molecule has 3 amide bonds. The smallest absolute Gasteiger partial charge is 0.253 e. The number of carbonyl (C=O) groups excluding carboxylic acids is 3. The SMILES string of the molecule is CC(C)N(C)C(=O)c1ccc(CNC(=O)CCC(=O)N(CCC#N)c2ccccc2)cc1. The number of nitrogens with zero attached hydrogens (tertiary/aromatic N) is 3. The summed E-state index contributed by atoms with van der Waals surface area (Å²) in [6, 6.07) is 18.4. The van der Waals surface area contributed by atoms with Crippen LogP contribution in [0, 0.1) is 11.3 Å². The number of hydrogen-bond acceptors (Lipinski definition) is 4.